The average molecular weight is 562 g/mol. The van der Waals surface area contributed by atoms with Gasteiger partial charge in [-0.15, -0.1) is 0 Å². The van der Waals surface area contributed by atoms with Gasteiger partial charge in [0, 0.05) is 0 Å². The molecule has 0 aliphatic rings. The molecule has 0 saturated carbocycles. The number of alkyl halides is 17. The Morgan fingerprint density at radius 1 is 0.629 bits per heavy atom. The number of ether oxygens (including phenoxy) is 1. The molecule has 0 aliphatic carbocycles. The Morgan fingerprint density at radius 3 is 1.31 bits per heavy atom. The van der Waals surface area contributed by atoms with E-state index in [1.54, 1.807) is 0 Å². The highest BCUT2D eigenvalue weighted by Crippen LogP contribution is 2.64. The summed E-state index contributed by atoms with van der Waals surface area (Å²) in [5.41, 5.74) is 0. The van der Waals surface area contributed by atoms with Crippen molar-refractivity contribution in [1.29, 1.82) is 0 Å². The Kier molecular flexibility index (Phi) is 9.15. The Labute approximate surface area is 184 Å². The van der Waals surface area contributed by atoms with Gasteiger partial charge in [-0.3, -0.25) is 4.79 Å². The second-order valence-corrected chi connectivity index (χ2v) is 7.26. The largest absolute Gasteiger partial charge is 0.465 e. The van der Waals surface area contributed by atoms with Crippen LogP contribution in [0, 0.1) is 5.92 Å². The molecule has 0 N–H and O–H groups in total. The summed E-state index contributed by atoms with van der Waals surface area (Å²) in [5, 5.41) is 0. The normalized spacial score (nSPS) is 16.3. The molecular formula is C16H15F17O2. The van der Waals surface area contributed by atoms with E-state index >= 15 is 0 Å². The summed E-state index contributed by atoms with van der Waals surface area (Å²) < 4.78 is 227. The molecule has 0 unspecified atom stereocenters. The van der Waals surface area contributed by atoms with Gasteiger partial charge in [-0.25, -0.2) is 0 Å². The molecule has 0 rings (SSSR count). The maximum atomic E-state index is 13.6. The SMILES string of the molecule is CCC[C@H](C)C(=O)OCCC(F)(F)C(F)(F)C(F)(F)C(F)(F)C(F)(F)C(F)(F)C(F)(F)C(F)(F)F. The zero-order chi connectivity index (χ0) is 28.7. The smallest absolute Gasteiger partial charge is 0.460 e. The van der Waals surface area contributed by atoms with Crippen LogP contribution in [0.25, 0.3) is 0 Å². The molecule has 0 saturated heterocycles. The van der Waals surface area contributed by atoms with E-state index in [4.69, 9.17) is 0 Å². The van der Waals surface area contributed by atoms with E-state index in [0.29, 0.717) is 6.42 Å². The van der Waals surface area contributed by atoms with Gasteiger partial charge >= 0.3 is 53.6 Å². The minimum atomic E-state index is -8.66. The molecule has 0 aromatic rings. The number of halogens is 17. The predicted octanol–water partition coefficient (Wildman–Crippen LogP) is 7.37. The molecule has 2 nitrogen and oxygen atoms in total. The van der Waals surface area contributed by atoms with Crippen molar-refractivity contribution in [2.45, 2.75) is 80.7 Å². The molecule has 0 amide bonds. The van der Waals surface area contributed by atoms with Gasteiger partial charge in [0.25, 0.3) is 0 Å². The quantitative estimate of drug-likeness (QED) is 0.184. The average Bonchev–Trinajstić information content (AvgIpc) is 2.65. The van der Waals surface area contributed by atoms with Crippen molar-refractivity contribution in [3.05, 3.63) is 0 Å². The van der Waals surface area contributed by atoms with Crippen molar-refractivity contribution >= 4 is 5.97 Å². The van der Waals surface area contributed by atoms with Gasteiger partial charge in [-0.05, 0) is 6.42 Å². The maximum absolute atomic E-state index is 13.6. The second-order valence-electron chi connectivity index (χ2n) is 7.26. The third kappa shape index (κ3) is 5.22. The van der Waals surface area contributed by atoms with E-state index in [1.165, 1.54) is 6.92 Å². The third-order valence-electron chi connectivity index (χ3n) is 4.57. The van der Waals surface area contributed by atoms with E-state index in [0.717, 1.165) is 6.92 Å². The lowest BCUT2D eigenvalue weighted by molar-refractivity contribution is -0.461. The zero-order valence-electron chi connectivity index (χ0n) is 17.1. The standard InChI is InChI=1S/C16H15F17O2/c1-3-4-7(2)8(34)35-6-5-9(17,18)10(19,20)11(21,22)12(23,24)13(25,26)14(27,28)15(29,30)16(31,32)33/h7H,3-6H2,1-2H3/t7-/m0/s1. The van der Waals surface area contributed by atoms with E-state index in [2.05, 4.69) is 4.74 Å². The molecule has 0 spiro atoms. The van der Waals surface area contributed by atoms with Gasteiger partial charge in [-0.2, -0.15) is 74.6 Å². The molecule has 1 atom stereocenters. The van der Waals surface area contributed by atoms with Crippen LogP contribution in [0.5, 0.6) is 0 Å². The van der Waals surface area contributed by atoms with Crippen molar-refractivity contribution in [2.75, 3.05) is 6.61 Å². The van der Waals surface area contributed by atoms with E-state index in [1.807, 2.05) is 0 Å². The lowest BCUT2D eigenvalue weighted by atomic mass is 9.88. The minimum Gasteiger partial charge on any atom is -0.465 e. The van der Waals surface area contributed by atoms with Crippen molar-refractivity contribution in [1.82, 2.24) is 0 Å². The molecule has 0 aromatic heterocycles. The van der Waals surface area contributed by atoms with Crippen LogP contribution in [0.15, 0.2) is 0 Å². The Balaban J connectivity index is 6.19. The molecule has 0 fully saturated rings. The van der Waals surface area contributed by atoms with Gasteiger partial charge in [0.05, 0.1) is 18.9 Å². The number of carbonyl (C=O) groups is 1. The predicted molar refractivity (Wildman–Crippen MR) is 80.3 cm³/mol. The van der Waals surface area contributed by atoms with Crippen LogP contribution in [-0.4, -0.2) is 60.2 Å². The summed E-state index contributed by atoms with van der Waals surface area (Å²) >= 11 is 0. The van der Waals surface area contributed by atoms with Crippen molar-refractivity contribution < 1.29 is 84.2 Å². The topological polar surface area (TPSA) is 26.3 Å². The van der Waals surface area contributed by atoms with E-state index < -0.39 is 72.5 Å². The van der Waals surface area contributed by atoms with Gasteiger partial charge in [0.1, 0.15) is 0 Å². The van der Waals surface area contributed by atoms with Gasteiger partial charge in [0.2, 0.25) is 0 Å². The fourth-order valence-electron chi connectivity index (χ4n) is 2.33. The molecular weight excluding hydrogens is 547 g/mol. The summed E-state index contributed by atoms with van der Waals surface area (Å²) in [4.78, 5) is 11.4. The van der Waals surface area contributed by atoms with Crippen LogP contribution in [0.3, 0.4) is 0 Å². The van der Waals surface area contributed by atoms with Gasteiger partial charge < -0.3 is 4.74 Å². The van der Waals surface area contributed by atoms with Crippen LogP contribution >= 0.6 is 0 Å². The first-order valence-electron chi connectivity index (χ1n) is 8.99. The first-order valence-corrected chi connectivity index (χ1v) is 8.99. The number of esters is 1. The Bertz CT molecular complexity index is 741. The Hall–Kier alpha value is -1.72. The summed E-state index contributed by atoms with van der Waals surface area (Å²) in [6.45, 7) is 0.729. The number of hydrogen-bond donors (Lipinski definition) is 0. The highest BCUT2D eigenvalue weighted by molar-refractivity contribution is 5.71. The molecule has 0 aromatic carbocycles. The highest BCUT2D eigenvalue weighted by atomic mass is 19.4. The number of carbonyl (C=O) groups excluding carboxylic acids is 1. The minimum absolute atomic E-state index is 0.0432. The molecule has 210 valence electrons. The number of rotatable bonds is 12. The number of hydrogen-bond acceptors (Lipinski definition) is 2. The molecule has 35 heavy (non-hydrogen) atoms. The second kappa shape index (κ2) is 9.63. The van der Waals surface area contributed by atoms with Crippen molar-refractivity contribution in [2.24, 2.45) is 5.92 Å². The molecule has 0 radical (unpaired) electrons. The van der Waals surface area contributed by atoms with Gasteiger partial charge in [-0.1, -0.05) is 20.3 Å². The summed E-state index contributed by atoms with van der Waals surface area (Å²) in [6, 6.07) is 0. The third-order valence-corrected chi connectivity index (χ3v) is 4.57. The first-order chi connectivity index (χ1) is 15.1. The van der Waals surface area contributed by atoms with Crippen molar-refractivity contribution in [3.63, 3.8) is 0 Å². The molecule has 19 heteroatoms. The van der Waals surface area contributed by atoms with Crippen LogP contribution in [0.1, 0.15) is 33.1 Å². The fraction of sp³-hybridized carbons (Fsp3) is 0.938. The monoisotopic (exact) mass is 562 g/mol. The highest BCUT2D eigenvalue weighted by Gasteiger charge is 2.95. The van der Waals surface area contributed by atoms with Crippen LogP contribution in [-0.2, 0) is 9.53 Å². The fourth-order valence-corrected chi connectivity index (χ4v) is 2.33. The van der Waals surface area contributed by atoms with Crippen molar-refractivity contribution in [3.8, 4) is 0 Å². The van der Waals surface area contributed by atoms with Crippen LogP contribution in [0.4, 0.5) is 74.6 Å². The lowest BCUT2D eigenvalue weighted by Gasteiger charge is -2.42. The summed E-state index contributed by atoms with van der Waals surface area (Å²) in [6.07, 6.45) is -10.2. The summed E-state index contributed by atoms with van der Waals surface area (Å²) in [5.74, 6) is -59.1. The van der Waals surface area contributed by atoms with Gasteiger partial charge in [0.15, 0.2) is 0 Å². The Morgan fingerprint density at radius 2 is 0.971 bits per heavy atom. The van der Waals surface area contributed by atoms with E-state index in [9.17, 15) is 79.4 Å². The molecule has 0 bridgehead atoms. The lowest BCUT2D eigenvalue weighted by Crippen LogP contribution is -2.74. The van der Waals surface area contributed by atoms with Crippen LogP contribution in [0.2, 0.25) is 0 Å². The molecule has 0 aliphatic heterocycles. The summed E-state index contributed by atoms with van der Waals surface area (Å²) in [7, 11) is 0. The first kappa shape index (κ1) is 33.3. The zero-order valence-corrected chi connectivity index (χ0v) is 17.1. The maximum Gasteiger partial charge on any atom is 0.460 e. The van der Waals surface area contributed by atoms with E-state index in [-0.39, 0.29) is 6.42 Å². The van der Waals surface area contributed by atoms with Crippen LogP contribution < -0.4 is 0 Å². The molecule has 0 heterocycles.